The molecule has 0 bridgehead atoms. The Kier molecular flexibility index (Phi) is 4.29. The van der Waals surface area contributed by atoms with Gasteiger partial charge in [-0.2, -0.15) is 5.10 Å². The van der Waals surface area contributed by atoms with Crippen molar-refractivity contribution >= 4 is 17.7 Å². The van der Waals surface area contributed by atoms with Crippen molar-refractivity contribution in [2.75, 3.05) is 12.3 Å². The number of hydrogen-bond donors (Lipinski definition) is 0. The summed E-state index contributed by atoms with van der Waals surface area (Å²) in [6.45, 7) is 2.73. The lowest BCUT2D eigenvalue weighted by molar-refractivity contribution is -0.132. The Bertz CT molecular complexity index is 727. The first kappa shape index (κ1) is 14.8. The van der Waals surface area contributed by atoms with Crippen LogP contribution in [0.25, 0.3) is 0 Å². The summed E-state index contributed by atoms with van der Waals surface area (Å²) in [7, 11) is 0. The predicted octanol–water partition coefficient (Wildman–Crippen LogP) is 1.83. The van der Waals surface area contributed by atoms with Crippen molar-refractivity contribution in [1.29, 1.82) is 0 Å². The summed E-state index contributed by atoms with van der Waals surface area (Å²) in [5, 5.41) is 3.97. The Morgan fingerprint density at radius 2 is 2.09 bits per heavy atom. The first-order valence-corrected chi connectivity index (χ1v) is 8.20. The third-order valence-electron chi connectivity index (χ3n) is 3.64. The minimum atomic E-state index is -0.255. The molecule has 1 aliphatic heterocycles. The lowest BCUT2D eigenvalue weighted by Crippen LogP contribution is -2.36. The fourth-order valence-electron chi connectivity index (χ4n) is 2.46. The monoisotopic (exact) mass is 315 g/mol. The topological polar surface area (TPSA) is 55.2 Å². The normalized spacial score (nSPS) is 17.7. The second-order valence-electron chi connectivity index (χ2n) is 5.24. The van der Waals surface area contributed by atoms with Crippen LogP contribution in [-0.4, -0.2) is 32.9 Å². The Labute approximate surface area is 132 Å². The molecular weight excluding hydrogens is 298 g/mol. The summed E-state index contributed by atoms with van der Waals surface area (Å²) in [5.74, 6) is 0.831. The molecule has 1 saturated heterocycles. The molecule has 1 fully saturated rings. The summed E-state index contributed by atoms with van der Waals surface area (Å²) in [5.41, 5.74) is 2.06. The summed E-state index contributed by atoms with van der Waals surface area (Å²) >= 11 is 1.75. The number of amides is 1. The van der Waals surface area contributed by atoms with Crippen molar-refractivity contribution in [3.05, 3.63) is 64.1 Å². The van der Waals surface area contributed by atoms with Crippen molar-refractivity contribution < 1.29 is 4.79 Å². The molecule has 22 heavy (non-hydrogen) atoms. The number of aromatic nitrogens is 2. The van der Waals surface area contributed by atoms with Crippen LogP contribution < -0.4 is 5.56 Å². The number of aryl methyl sites for hydroxylation is 1. The SMILES string of the molecule is Cc1ccc(C2SCCN2C(=O)Cn2ncccc2=O)cc1. The number of carbonyl (C=O) groups excluding carboxylic acids is 1. The van der Waals surface area contributed by atoms with Gasteiger partial charge in [0.15, 0.2) is 0 Å². The van der Waals surface area contributed by atoms with E-state index in [1.165, 1.54) is 22.5 Å². The van der Waals surface area contributed by atoms with Gasteiger partial charge in [0.05, 0.1) is 0 Å². The second kappa shape index (κ2) is 6.36. The summed E-state index contributed by atoms with van der Waals surface area (Å²) in [6, 6.07) is 11.2. The van der Waals surface area contributed by atoms with Crippen LogP contribution in [0.4, 0.5) is 0 Å². The smallest absolute Gasteiger partial charge is 0.267 e. The van der Waals surface area contributed by atoms with Crippen LogP contribution in [0.15, 0.2) is 47.4 Å². The molecule has 3 rings (SSSR count). The molecule has 6 heteroatoms. The fraction of sp³-hybridized carbons (Fsp3) is 0.312. The molecule has 1 unspecified atom stereocenters. The Morgan fingerprint density at radius 3 is 2.82 bits per heavy atom. The van der Waals surface area contributed by atoms with Crippen LogP contribution in [0.2, 0.25) is 0 Å². The van der Waals surface area contributed by atoms with Crippen molar-refractivity contribution in [3.63, 3.8) is 0 Å². The van der Waals surface area contributed by atoms with Crippen LogP contribution >= 0.6 is 11.8 Å². The molecule has 0 aliphatic carbocycles. The first-order chi connectivity index (χ1) is 10.6. The van der Waals surface area contributed by atoms with Crippen LogP contribution in [-0.2, 0) is 11.3 Å². The predicted molar refractivity (Wildman–Crippen MR) is 86.6 cm³/mol. The molecule has 0 spiro atoms. The lowest BCUT2D eigenvalue weighted by atomic mass is 10.1. The zero-order valence-corrected chi connectivity index (χ0v) is 13.1. The van der Waals surface area contributed by atoms with Crippen LogP contribution in [0, 0.1) is 6.92 Å². The number of nitrogens with zero attached hydrogens (tertiary/aromatic N) is 3. The van der Waals surface area contributed by atoms with Gasteiger partial charge in [-0.1, -0.05) is 29.8 Å². The van der Waals surface area contributed by atoms with E-state index in [-0.39, 0.29) is 23.4 Å². The van der Waals surface area contributed by atoms with Gasteiger partial charge in [-0.3, -0.25) is 9.59 Å². The average Bonchev–Trinajstić information content (AvgIpc) is 3.00. The highest BCUT2D eigenvalue weighted by Crippen LogP contribution is 2.37. The molecule has 1 aliphatic rings. The molecule has 2 aromatic rings. The van der Waals surface area contributed by atoms with Gasteiger partial charge in [0, 0.05) is 24.6 Å². The third-order valence-corrected chi connectivity index (χ3v) is 4.90. The van der Waals surface area contributed by atoms with Gasteiger partial charge in [0.2, 0.25) is 5.91 Å². The number of benzene rings is 1. The van der Waals surface area contributed by atoms with Gasteiger partial charge in [-0.15, -0.1) is 11.8 Å². The van der Waals surface area contributed by atoms with E-state index in [1.54, 1.807) is 17.8 Å². The molecule has 2 heterocycles. The van der Waals surface area contributed by atoms with Crippen molar-refractivity contribution in [2.45, 2.75) is 18.8 Å². The van der Waals surface area contributed by atoms with Gasteiger partial charge in [0.1, 0.15) is 11.9 Å². The van der Waals surface area contributed by atoms with Crippen molar-refractivity contribution in [2.24, 2.45) is 0 Å². The first-order valence-electron chi connectivity index (χ1n) is 7.15. The van der Waals surface area contributed by atoms with Crippen LogP contribution in [0.5, 0.6) is 0 Å². The van der Waals surface area contributed by atoms with E-state index in [1.807, 2.05) is 11.8 Å². The third kappa shape index (κ3) is 3.06. The van der Waals surface area contributed by atoms with E-state index >= 15 is 0 Å². The number of thioether (sulfide) groups is 1. The molecule has 5 nitrogen and oxygen atoms in total. The quantitative estimate of drug-likeness (QED) is 0.867. The Balaban J connectivity index is 1.78. The van der Waals surface area contributed by atoms with Crippen LogP contribution in [0.3, 0.4) is 0 Å². The number of hydrogen-bond acceptors (Lipinski definition) is 4. The highest BCUT2D eigenvalue weighted by Gasteiger charge is 2.30. The summed E-state index contributed by atoms with van der Waals surface area (Å²) in [6.07, 6.45) is 1.52. The van der Waals surface area contributed by atoms with Gasteiger partial charge < -0.3 is 4.90 Å². The van der Waals surface area contributed by atoms with Crippen molar-refractivity contribution in [1.82, 2.24) is 14.7 Å². The number of rotatable bonds is 3. The van der Waals surface area contributed by atoms with E-state index in [0.29, 0.717) is 6.54 Å². The molecule has 0 N–H and O–H groups in total. The van der Waals surface area contributed by atoms with E-state index < -0.39 is 0 Å². The minimum absolute atomic E-state index is 0.0113. The maximum absolute atomic E-state index is 12.5. The number of carbonyl (C=O) groups is 1. The zero-order chi connectivity index (χ0) is 15.5. The van der Waals surface area contributed by atoms with Gasteiger partial charge in [0.25, 0.3) is 5.56 Å². The molecular formula is C16H17N3O2S. The summed E-state index contributed by atoms with van der Waals surface area (Å²) < 4.78 is 1.21. The molecule has 0 radical (unpaired) electrons. The van der Waals surface area contributed by atoms with Gasteiger partial charge >= 0.3 is 0 Å². The molecule has 1 aromatic heterocycles. The maximum Gasteiger partial charge on any atom is 0.267 e. The lowest BCUT2D eigenvalue weighted by Gasteiger charge is -2.24. The highest BCUT2D eigenvalue weighted by molar-refractivity contribution is 7.99. The molecule has 1 aromatic carbocycles. The van der Waals surface area contributed by atoms with E-state index in [2.05, 4.69) is 29.4 Å². The molecule has 114 valence electrons. The average molecular weight is 315 g/mol. The van der Waals surface area contributed by atoms with Crippen LogP contribution in [0.1, 0.15) is 16.5 Å². The standard InChI is InChI=1S/C16H17N3O2S/c1-12-4-6-13(7-5-12)16-18(9-10-22-16)15(21)11-19-14(20)3-2-8-17-19/h2-8,16H,9-11H2,1H3. The van der Waals surface area contributed by atoms with Gasteiger partial charge in [-0.25, -0.2) is 4.68 Å². The second-order valence-corrected chi connectivity index (χ2v) is 6.43. The largest absolute Gasteiger partial charge is 0.324 e. The summed E-state index contributed by atoms with van der Waals surface area (Å²) in [4.78, 5) is 26.0. The molecule has 1 amide bonds. The Hall–Kier alpha value is -2.08. The Morgan fingerprint density at radius 1 is 1.32 bits per heavy atom. The maximum atomic E-state index is 12.5. The molecule has 0 saturated carbocycles. The van der Waals surface area contributed by atoms with E-state index in [0.717, 1.165) is 11.3 Å². The van der Waals surface area contributed by atoms with E-state index in [9.17, 15) is 9.59 Å². The zero-order valence-electron chi connectivity index (χ0n) is 12.3. The van der Waals surface area contributed by atoms with E-state index in [4.69, 9.17) is 0 Å². The minimum Gasteiger partial charge on any atom is -0.324 e. The molecule has 1 atom stereocenters. The van der Waals surface area contributed by atoms with Gasteiger partial charge in [-0.05, 0) is 18.6 Å². The van der Waals surface area contributed by atoms with Crippen molar-refractivity contribution in [3.8, 4) is 0 Å². The highest BCUT2D eigenvalue weighted by atomic mass is 32.2. The fourth-order valence-corrected chi connectivity index (χ4v) is 3.74.